The van der Waals surface area contributed by atoms with Gasteiger partial charge in [0.25, 0.3) is 0 Å². The van der Waals surface area contributed by atoms with Gasteiger partial charge in [0.2, 0.25) is 5.91 Å². The van der Waals surface area contributed by atoms with Crippen LogP contribution in [0.1, 0.15) is 17.5 Å². The molecule has 0 saturated carbocycles. The second-order valence-electron chi connectivity index (χ2n) is 7.91. The van der Waals surface area contributed by atoms with Crippen LogP contribution in [0.5, 0.6) is 0 Å². The Morgan fingerprint density at radius 1 is 1.03 bits per heavy atom. The van der Waals surface area contributed by atoms with E-state index in [0.717, 1.165) is 23.0 Å². The lowest BCUT2D eigenvalue weighted by atomic mass is 9.93. The Kier molecular flexibility index (Phi) is 5.49. The molecule has 1 aliphatic heterocycles. The highest BCUT2D eigenvalue weighted by molar-refractivity contribution is 6.06. The number of halogens is 3. The molecule has 1 aliphatic rings. The van der Waals surface area contributed by atoms with Crippen LogP contribution < -0.4 is 10.2 Å². The maximum Gasteiger partial charge on any atom is 0.416 e. The van der Waals surface area contributed by atoms with Crippen molar-refractivity contribution < 1.29 is 18.0 Å². The first kappa shape index (κ1) is 21.6. The lowest BCUT2D eigenvalue weighted by Crippen LogP contribution is -2.25. The molecule has 1 amide bonds. The Bertz CT molecular complexity index is 1400. The molecule has 5 nitrogen and oxygen atoms in total. The molecule has 0 fully saturated rings. The molecule has 0 spiro atoms. The third-order valence-corrected chi connectivity index (χ3v) is 5.70. The van der Waals surface area contributed by atoms with E-state index in [-0.39, 0.29) is 5.91 Å². The topological polar surface area (TPSA) is 58.1 Å². The van der Waals surface area contributed by atoms with Gasteiger partial charge < -0.3 is 10.2 Å². The van der Waals surface area contributed by atoms with Crippen LogP contribution in [0, 0.1) is 0 Å². The highest BCUT2D eigenvalue weighted by Gasteiger charge is 2.33. The van der Waals surface area contributed by atoms with Gasteiger partial charge in [-0.3, -0.25) is 14.8 Å². The van der Waals surface area contributed by atoms with E-state index >= 15 is 0 Å². The zero-order valence-corrected chi connectivity index (χ0v) is 17.9. The third kappa shape index (κ3) is 4.34. The van der Waals surface area contributed by atoms with Gasteiger partial charge in [0.05, 0.1) is 23.0 Å². The van der Waals surface area contributed by atoms with E-state index in [0.29, 0.717) is 41.2 Å². The molecule has 8 heteroatoms. The lowest BCUT2D eigenvalue weighted by molar-refractivity contribution is -0.137. The highest BCUT2D eigenvalue weighted by Crippen LogP contribution is 2.42. The maximum absolute atomic E-state index is 13.4. The normalized spacial score (nSPS) is 14.8. The minimum atomic E-state index is -4.47. The number of anilines is 3. The summed E-state index contributed by atoms with van der Waals surface area (Å²) in [6.07, 6.45) is 2.36. The Balaban J connectivity index is 1.48. The monoisotopic (exact) mass is 460 g/mol. The number of hydrogen-bond acceptors (Lipinski definition) is 4. The quantitative estimate of drug-likeness (QED) is 0.369. The predicted octanol–water partition coefficient (Wildman–Crippen LogP) is 6.21. The van der Waals surface area contributed by atoms with Crippen LogP contribution in [0.25, 0.3) is 16.5 Å². The van der Waals surface area contributed by atoms with Crippen molar-refractivity contribution in [3.05, 3.63) is 96.5 Å². The second-order valence-corrected chi connectivity index (χ2v) is 7.91. The first-order valence-electron chi connectivity index (χ1n) is 10.6. The zero-order chi connectivity index (χ0) is 23.7. The third-order valence-electron chi connectivity index (χ3n) is 5.70. The number of aromatic nitrogens is 2. The van der Waals surface area contributed by atoms with Crippen molar-refractivity contribution >= 4 is 39.4 Å². The molecular weight excluding hydrogens is 441 g/mol. The molecule has 0 radical (unpaired) electrons. The molecule has 0 saturated heterocycles. The van der Waals surface area contributed by atoms with Crippen molar-refractivity contribution in [2.24, 2.45) is 0 Å². The van der Waals surface area contributed by atoms with Crippen LogP contribution in [-0.4, -0.2) is 22.4 Å². The number of alkyl halides is 3. The van der Waals surface area contributed by atoms with Crippen molar-refractivity contribution in [1.29, 1.82) is 0 Å². The molecule has 5 rings (SSSR count). The Labute approximate surface area is 193 Å². The molecular formula is C26H19F3N4O. The maximum atomic E-state index is 13.4. The number of amides is 1. The molecule has 0 aliphatic carbocycles. The molecule has 170 valence electrons. The number of fused-ring (bicyclic) bond motifs is 2. The summed E-state index contributed by atoms with van der Waals surface area (Å²) in [4.78, 5) is 23.0. The summed E-state index contributed by atoms with van der Waals surface area (Å²) in [5.41, 5.74) is 2.93. The number of rotatable bonds is 3. The van der Waals surface area contributed by atoms with Crippen molar-refractivity contribution in [2.45, 2.75) is 12.6 Å². The van der Waals surface area contributed by atoms with E-state index < -0.39 is 11.7 Å². The van der Waals surface area contributed by atoms with Gasteiger partial charge in [-0.15, -0.1) is 0 Å². The van der Waals surface area contributed by atoms with Crippen LogP contribution in [0.3, 0.4) is 0 Å². The largest absolute Gasteiger partial charge is 0.416 e. The average Bonchev–Trinajstić information content (AvgIpc) is 2.84. The summed E-state index contributed by atoms with van der Waals surface area (Å²) >= 11 is 0. The van der Waals surface area contributed by atoms with E-state index in [1.807, 2.05) is 18.2 Å². The molecule has 0 atom stereocenters. The Hall–Kier alpha value is -4.20. The highest BCUT2D eigenvalue weighted by atomic mass is 19.4. The first-order valence-corrected chi connectivity index (χ1v) is 10.6. The van der Waals surface area contributed by atoms with Crippen LogP contribution in [0.4, 0.5) is 30.2 Å². The zero-order valence-electron chi connectivity index (χ0n) is 17.9. The predicted molar refractivity (Wildman–Crippen MR) is 126 cm³/mol. The molecule has 2 aromatic heterocycles. The van der Waals surface area contributed by atoms with Crippen molar-refractivity contribution in [1.82, 2.24) is 9.97 Å². The summed E-state index contributed by atoms with van der Waals surface area (Å²) in [5, 5.41) is 3.79. The number of hydrogen-bond donors (Lipinski definition) is 1. The average molecular weight is 460 g/mol. The number of carbonyl (C=O) groups excluding carboxylic acids is 1. The Morgan fingerprint density at radius 3 is 2.68 bits per heavy atom. The van der Waals surface area contributed by atoms with E-state index in [1.54, 1.807) is 47.8 Å². The second kappa shape index (κ2) is 8.62. The summed E-state index contributed by atoms with van der Waals surface area (Å²) in [5.74, 6) is -0.356. The van der Waals surface area contributed by atoms with Crippen LogP contribution in [0.2, 0.25) is 0 Å². The smallest absolute Gasteiger partial charge is 0.339 e. The number of carbonyl (C=O) groups is 1. The standard InChI is InChI=1S/C26H19F3N4O/c27-26(28,29)19-6-8-22-18(9-12-33(24(22)14-19)21-4-2-10-30-16-21)13-25(34)32-20-7-5-17-3-1-11-31-23(17)15-20/h1-8,10-11,13-16H,9,12H2,(H,32,34)/b18-13+. The Morgan fingerprint density at radius 2 is 1.88 bits per heavy atom. The first-order chi connectivity index (χ1) is 16.4. The van der Waals surface area contributed by atoms with Gasteiger partial charge >= 0.3 is 6.18 Å². The van der Waals surface area contributed by atoms with Crippen LogP contribution in [-0.2, 0) is 11.0 Å². The summed E-state index contributed by atoms with van der Waals surface area (Å²) < 4.78 is 40.3. The summed E-state index contributed by atoms with van der Waals surface area (Å²) in [7, 11) is 0. The minimum absolute atomic E-state index is 0.356. The van der Waals surface area contributed by atoms with E-state index in [9.17, 15) is 18.0 Å². The molecule has 0 bridgehead atoms. The van der Waals surface area contributed by atoms with Crippen molar-refractivity contribution in [3.63, 3.8) is 0 Å². The molecule has 2 aromatic carbocycles. The van der Waals surface area contributed by atoms with Crippen molar-refractivity contribution in [3.8, 4) is 0 Å². The number of nitrogens with one attached hydrogen (secondary N) is 1. The summed E-state index contributed by atoms with van der Waals surface area (Å²) in [6, 6.07) is 16.3. The molecule has 4 aromatic rings. The fraction of sp³-hybridized carbons (Fsp3) is 0.115. The fourth-order valence-electron chi connectivity index (χ4n) is 4.10. The van der Waals surface area contributed by atoms with E-state index in [2.05, 4.69) is 15.3 Å². The molecule has 0 unspecified atom stereocenters. The van der Waals surface area contributed by atoms with Gasteiger partial charge in [-0.05, 0) is 54.5 Å². The minimum Gasteiger partial charge on any atom is -0.339 e. The van der Waals surface area contributed by atoms with Gasteiger partial charge in [-0.25, -0.2) is 0 Å². The number of pyridine rings is 2. The lowest BCUT2D eigenvalue weighted by Gasteiger charge is -2.33. The molecule has 3 heterocycles. The molecule has 1 N–H and O–H groups in total. The van der Waals surface area contributed by atoms with Crippen molar-refractivity contribution in [2.75, 3.05) is 16.8 Å². The van der Waals surface area contributed by atoms with Gasteiger partial charge in [-0.1, -0.05) is 18.2 Å². The van der Waals surface area contributed by atoms with Gasteiger partial charge in [0.1, 0.15) is 0 Å². The van der Waals surface area contributed by atoms with Crippen LogP contribution in [0.15, 0.2) is 85.3 Å². The van der Waals surface area contributed by atoms with Gasteiger partial charge in [0.15, 0.2) is 0 Å². The van der Waals surface area contributed by atoms with E-state index in [4.69, 9.17) is 0 Å². The molecule has 34 heavy (non-hydrogen) atoms. The number of benzene rings is 2. The summed E-state index contributed by atoms with van der Waals surface area (Å²) in [6.45, 7) is 0.416. The van der Waals surface area contributed by atoms with E-state index in [1.165, 1.54) is 12.1 Å². The SMILES string of the molecule is O=C(/C=C1\CCN(c2cccnc2)c2cc(C(F)(F)F)ccc21)Nc1ccc2cccnc2c1. The number of nitrogens with zero attached hydrogens (tertiary/aromatic N) is 3. The van der Waals surface area contributed by atoms with Crippen LogP contribution >= 0.6 is 0 Å². The fourth-order valence-corrected chi connectivity index (χ4v) is 4.10. The van der Waals surface area contributed by atoms with Gasteiger partial charge in [0, 0.05) is 47.3 Å². The van der Waals surface area contributed by atoms with Gasteiger partial charge in [-0.2, -0.15) is 13.2 Å².